The molecule has 10 aromatic carbocycles. The molecule has 0 fully saturated rings. The molecule has 0 saturated carbocycles. The fourth-order valence-corrected chi connectivity index (χ4v) is 12.2. The van der Waals surface area contributed by atoms with Crippen molar-refractivity contribution in [3.8, 4) is 89.0 Å². The molecule has 10 aromatic rings. The van der Waals surface area contributed by atoms with Gasteiger partial charge in [0.1, 0.15) is 0 Å². The van der Waals surface area contributed by atoms with E-state index < -0.39 is 0 Å². The van der Waals surface area contributed by atoms with Crippen molar-refractivity contribution in [2.75, 3.05) is 0 Å². The third-order valence-corrected chi connectivity index (χ3v) is 15.9. The molecule has 0 heterocycles. The highest BCUT2D eigenvalue weighted by molar-refractivity contribution is 9.10. The maximum atomic E-state index is 4.52. The Bertz CT molecular complexity index is 3850. The van der Waals surface area contributed by atoms with E-state index in [-0.39, 0.29) is 16.2 Å². The second-order valence-electron chi connectivity index (χ2n) is 23.2. The van der Waals surface area contributed by atoms with E-state index >= 15 is 0 Å². The van der Waals surface area contributed by atoms with Crippen LogP contribution < -0.4 is 0 Å². The van der Waals surface area contributed by atoms with Crippen molar-refractivity contribution in [2.24, 2.45) is 0 Å². The van der Waals surface area contributed by atoms with Crippen LogP contribution in [0.4, 0.5) is 0 Å². The van der Waals surface area contributed by atoms with Crippen LogP contribution in [0.3, 0.4) is 0 Å². The lowest BCUT2D eigenvalue weighted by atomic mass is 9.76. The van der Waals surface area contributed by atoms with Crippen molar-refractivity contribution in [1.29, 1.82) is 0 Å². The molecule has 0 nitrogen and oxygen atoms in total. The molecular formula is C69H59Br. The Kier molecular flexibility index (Phi) is 9.90. The van der Waals surface area contributed by atoms with Gasteiger partial charge in [-0.15, -0.1) is 0 Å². The number of hydrogen-bond acceptors (Lipinski definition) is 0. The van der Waals surface area contributed by atoms with Crippen molar-refractivity contribution < 1.29 is 0 Å². The topological polar surface area (TPSA) is 0 Å². The van der Waals surface area contributed by atoms with Crippen LogP contribution in [0.1, 0.15) is 91.5 Å². The molecule has 0 spiro atoms. The van der Waals surface area contributed by atoms with Crippen LogP contribution >= 0.6 is 15.9 Å². The third-order valence-electron chi connectivity index (χ3n) is 15.4. The Labute approximate surface area is 422 Å². The Morgan fingerprint density at radius 3 is 1.11 bits per heavy atom. The van der Waals surface area contributed by atoms with E-state index in [9.17, 15) is 0 Å². The van der Waals surface area contributed by atoms with Gasteiger partial charge in [0, 0.05) is 4.47 Å². The van der Waals surface area contributed by atoms with Gasteiger partial charge in [0.05, 0.1) is 0 Å². The molecular weight excluding hydrogens is 909 g/mol. The van der Waals surface area contributed by atoms with Crippen molar-refractivity contribution in [2.45, 2.75) is 85.5 Å². The molecule has 342 valence electrons. The predicted molar refractivity (Wildman–Crippen MR) is 308 cm³/mol. The van der Waals surface area contributed by atoms with Crippen LogP contribution in [0.15, 0.2) is 175 Å². The molecule has 2 aliphatic rings. The number of fused-ring (bicyclic) bond motifs is 8. The monoisotopic (exact) mass is 966 g/mol. The minimum absolute atomic E-state index is 0.0510. The van der Waals surface area contributed by atoms with Crippen molar-refractivity contribution in [3.05, 3.63) is 197 Å². The summed E-state index contributed by atoms with van der Waals surface area (Å²) in [6.07, 6.45) is 0. The van der Waals surface area contributed by atoms with Gasteiger partial charge >= 0.3 is 0 Å². The lowest BCUT2D eigenvalue weighted by molar-refractivity contribution is 0.569. The molecule has 0 amide bonds. The van der Waals surface area contributed by atoms with Gasteiger partial charge in [0.15, 0.2) is 0 Å². The zero-order valence-electron chi connectivity index (χ0n) is 42.2. The molecule has 12 rings (SSSR count). The molecule has 0 aliphatic heterocycles. The second-order valence-corrected chi connectivity index (χ2v) is 24.1. The first kappa shape index (κ1) is 44.4. The van der Waals surface area contributed by atoms with E-state index in [2.05, 4.69) is 256 Å². The minimum atomic E-state index is -0.0702. The molecule has 0 saturated heterocycles. The lowest BCUT2D eigenvalue weighted by Crippen LogP contribution is -2.16. The summed E-state index contributed by atoms with van der Waals surface area (Å²) in [5.74, 6) is 0. The number of hydrogen-bond donors (Lipinski definition) is 0. The van der Waals surface area contributed by atoms with Crippen molar-refractivity contribution >= 4 is 53.8 Å². The van der Waals surface area contributed by atoms with Crippen LogP contribution in [-0.2, 0) is 16.2 Å². The van der Waals surface area contributed by atoms with Crippen LogP contribution in [0.5, 0.6) is 0 Å². The van der Waals surface area contributed by atoms with E-state index in [1.807, 2.05) is 0 Å². The van der Waals surface area contributed by atoms with Gasteiger partial charge in [-0.3, -0.25) is 0 Å². The summed E-state index contributed by atoms with van der Waals surface area (Å²) in [6, 6.07) is 62.9. The number of halogens is 1. The largest absolute Gasteiger partial charge is 0.0955 e. The molecule has 0 aromatic heterocycles. The molecule has 0 radical (unpaired) electrons. The fourth-order valence-electron chi connectivity index (χ4n) is 11.8. The lowest BCUT2D eigenvalue weighted by Gasteiger charge is -2.28. The summed E-state index contributed by atoms with van der Waals surface area (Å²) in [5.41, 5.74) is 26.7. The zero-order valence-corrected chi connectivity index (χ0v) is 43.8. The van der Waals surface area contributed by atoms with Crippen molar-refractivity contribution in [3.63, 3.8) is 0 Å². The van der Waals surface area contributed by atoms with Gasteiger partial charge in [-0.05, 0) is 185 Å². The normalized spacial score (nSPS) is 12.8. The SMILES string of the molecule is C=C(C)c1cc(-c2c3c(c(-c4cc(C(C)(C)C)cc(C(C)(C)C)c4)c4ccccc24)-c2ccc4c5c(ccc-3c25)-c2c-4c(-c3ccccc3)c3cc(Br)ccc3c2-c2ccccc2)cc(C(C)(C)C)c1. The van der Waals surface area contributed by atoms with Gasteiger partial charge in [0.25, 0.3) is 0 Å². The zero-order chi connectivity index (χ0) is 48.8. The highest BCUT2D eigenvalue weighted by atomic mass is 79.9. The first-order valence-electron chi connectivity index (χ1n) is 25.0. The number of rotatable bonds is 5. The van der Waals surface area contributed by atoms with Crippen molar-refractivity contribution in [1.82, 2.24) is 0 Å². The summed E-state index contributed by atoms with van der Waals surface area (Å²) in [5, 5.41) is 7.74. The Hall–Kier alpha value is -6.80. The van der Waals surface area contributed by atoms with Gasteiger partial charge < -0.3 is 0 Å². The quantitative estimate of drug-likeness (QED) is 0.161. The third kappa shape index (κ3) is 6.76. The molecule has 1 heteroatoms. The van der Waals surface area contributed by atoms with E-state index in [4.69, 9.17) is 0 Å². The smallest absolute Gasteiger partial charge is 0.0181 e. The van der Waals surface area contributed by atoms with E-state index in [0.29, 0.717) is 0 Å². The van der Waals surface area contributed by atoms with Gasteiger partial charge in [0.2, 0.25) is 0 Å². The van der Waals surface area contributed by atoms with Gasteiger partial charge in [-0.1, -0.05) is 236 Å². The van der Waals surface area contributed by atoms with Crippen LogP contribution in [0.25, 0.3) is 127 Å². The predicted octanol–water partition coefficient (Wildman–Crippen LogP) is 20.8. The summed E-state index contributed by atoms with van der Waals surface area (Å²) in [4.78, 5) is 0. The Morgan fingerprint density at radius 2 is 0.700 bits per heavy atom. The van der Waals surface area contributed by atoms with E-state index in [1.54, 1.807) is 0 Å². The highest BCUT2D eigenvalue weighted by Gasteiger charge is 2.38. The molecule has 0 bridgehead atoms. The maximum Gasteiger partial charge on any atom is 0.0181 e. The number of allylic oxidation sites excluding steroid dienone is 1. The van der Waals surface area contributed by atoms with Gasteiger partial charge in [-0.2, -0.15) is 0 Å². The van der Waals surface area contributed by atoms with E-state index in [0.717, 1.165) is 10.0 Å². The van der Waals surface area contributed by atoms with Gasteiger partial charge in [-0.25, -0.2) is 0 Å². The number of benzene rings is 10. The summed E-state index contributed by atoms with van der Waals surface area (Å²) in [7, 11) is 0. The van der Waals surface area contributed by atoms with E-state index in [1.165, 1.54) is 144 Å². The Balaban J connectivity index is 1.28. The molecule has 70 heavy (non-hydrogen) atoms. The first-order chi connectivity index (χ1) is 33.4. The molecule has 0 N–H and O–H groups in total. The second kappa shape index (κ2) is 15.6. The summed E-state index contributed by atoms with van der Waals surface area (Å²) >= 11 is 3.92. The molecule has 2 aliphatic carbocycles. The molecule has 0 atom stereocenters. The Morgan fingerprint density at radius 1 is 0.343 bits per heavy atom. The summed E-state index contributed by atoms with van der Waals surface area (Å²) in [6.45, 7) is 27.8. The average Bonchev–Trinajstić information content (AvgIpc) is 3.84. The summed E-state index contributed by atoms with van der Waals surface area (Å²) < 4.78 is 1.07. The average molecular weight is 968 g/mol. The van der Waals surface area contributed by atoms with Crippen LogP contribution in [0, 0.1) is 0 Å². The highest BCUT2D eigenvalue weighted by Crippen LogP contribution is 2.65. The first-order valence-corrected chi connectivity index (χ1v) is 25.8. The van der Waals surface area contributed by atoms with Crippen LogP contribution in [-0.4, -0.2) is 0 Å². The van der Waals surface area contributed by atoms with Crippen LogP contribution in [0.2, 0.25) is 0 Å². The molecule has 0 unspecified atom stereocenters. The maximum absolute atomic E-state index is 4.52. The minimum Gasteiger partial charge on any atom is -0.0955 e. The standard InChI is InChI=1S/C69H59Br/c1-39(2)42-32-43(34-45(33-42)67(3,4)5)59-49-24-18-19-25-50(49)60(44-35-46(68(6,7)8)37-47(36-44)69(9,10)11)66-55-31-29-53-61-52(28-30-54(62(55)61)65(59)66)63-57(40-20-14-12-15-21-40)51-27-26-48(70)38-56(51)58(64(53)63)41-22-16-13-17-23-41/h12-38H,1H2,2-11H3. The fraction of sp³-hybridized carbons (Fsp3) is 0.188.